The van der Waals surface area contributed by atoms with Crippen LogP contribution >= 0.6 is 11.6 Å². The highest BCUT2D eigenvalue weighted by atomic mass is 35.5. The number of benzene rings is 2. The molecule has 0 fully saturated rings. The molecule has 3 aromatic rings. The maximum atomic E-state index is 12.5. The van der Waals surface area contributed by atoms with Crippen LogP contribution < -0.4 is 15.9 Å². The third-order valence-electron chi connectivity index (χ3n) is 3.64. The summed E-state index contributed by atoms with van der Waals surface area (Å²) in [5, 5.41) is 0.586. The topological polar surface area (TPSA) is 53.2 Å². The van der Waals surface area contributed by atoms with Crippen molar-refractivity contribution in [3.05, 3.63) is 92.2 Å². The molecular formula is C18H15ClN2O3. The van der Waals surface area contributed by atoms with Crippen LogP contribution in [0.15, 0.2) is 70.5 Å². The van der Waals surface area contributed by atoms with Gasteiger partial charge < -0.3 is 9.30 Å². The van der Waals surface area contributed by atoms with E-state index in [-0.39, 0.29) is 6.54 Å². The van der Waals surface area contributed by atoms with Gasteiger partial charge in [-0.1, -0.05) is 35.9 Å². The Kier molecular flexibility index (Phi) is 4.53. The van der Waals surface area contributed by atoms with Crippen molar-refractivity contribution < 1.29 is 4.74 Å². The molecule has 0 aliphatic carbocycles. The molecule has 5 nitrogen and oxygen atoms in total. The molecule has 0 saturated heterocycles. The lowest BCUT2D eigenvalue weighted by molar-refractivity contribution is 0.412. The Morgan fingerprint density at radius 3 is 2.54 bits per heavy atom. The highest BCUT2D eigenvalue weighted by molar-refractivity contribution is 6.30. The number of aromatic nitrogens is 2. The van der Waals surface area contributed by atoms with Gasteiger partial charge in [0, 0.05) is 17.4 Å². The van der Waals surface area contributed by atoms with Gasteiger partial charge in [0.15, 0.2) is 0 Å². The van der Waals surface area contributed by atoms with Crippen LogP contribution in [-0.4, -0.2) is 16.2 Å². The van der Waals surface area contributed by atoms with Crippen LogP contribution in [-0.2, 0) is 6.54 Å². The van der Waals surface area contributed by atoms with E-state index in [1.807, 2.05) is 6.07 Å². The van der Waals surface area contributed by atoms with Crippen molar-refractivity contribution >= 4 is 11.6 Å². The van der Waals surface area contributed by atoms with Crippen LogP contribution in [0.1, 0.15) is 5.56 Å². The summed E-state index contributed by atoms with van der Waals surface area (Å²) >= 11 is 5.95. The molecular weight excluding hydrogens is 328 g/mol. The van der Waals surface area contributed by atoms with Crippen LogP contribution in [0.4, 0.5) is 0 Å². The Bertz CT molecular complexity index is 992. The van der Waals surface area contributed by atoms with Crippen molar-refractivity contribution in [3.8, 4) is 11.4 Å². The van der Waals surface area contributed by atoms with Gasteiger partial charge in [-0.25, -0.2) is 0 Å². The van der Waals surface area contributed by atoms with Crippen LogP contribution in [0.2, 0.25) is 5.02 Å². The smallest absolute Gasteiger partial charge is 0.321 e. The molecule has 0 amide bonds. The lowest BCUT2D eigenvalue weighted by atomic mass is 10.2. The van der Waals surface area contributed by atoms with Crippen molar-refractivity contribution in [2.45, 2.75) is 6.54 Å². The summed E-state index contributed by atoms with van der Waals surface area (Å²) in [6, 6.07) is 14.2. The van der Waals surface area contributed by atoms with Gasteiger partial charge in [0.05, 0.1) is 19.3 Å². The minimum Gasteiger partial charge on any atom is -0.495 e. The molecule has 1 aromatic heterocycles. The second kappa shape index (κ2) is 6.76. The quantitative estimate of drug-likeness (QED) is 0.685. The van der Waals surface area contributed by atoms with Gasteiger partial charge in [0.1, 0.15) is 5.75 Å². The zero-order chi connectivity index (χ0) is 17.1. The second-order valence-corrected chi connectivity index (χ2v) is 5.64. The van der Waals surface area contributed by atoms with Gasteiger partial charge in [-0.15, -0.1) is 0 Å². The van der Waals surface area contributed by atoms with Crippen molar-refractivity contribution in [2.75, 3.05) is 7.11 Å². The predicted octanol–water partition coefficient (Wildman–Crippen LogP) is 2.71. The monoisotopic (exact) mass is 342 g/mol. The lowest BCUT2D eigenvalue weighted by Gasteiger charge is -2.12. The SMILES string of the molecule is COc1ccccc1-n1ccn(Cc2cccc(Cl)c2)c(=O)c1=O. The first-order valence-corrected chi connectivity index (χ1v) is 7.68. The van der Waals surface area contributed by atoms with E-state index in [2.05, 4.69) is 0 Å². The molecule has 0 bridgehead atoms. The number of ether oxygens (including phenoxy) is 1. The fourth-order valence-electron chi connectivity index (χ4n) is 2.48. The molecule has 0 aliphatic rings. The summed E-state index contributed by atoms with van der Waals surface area (Å²) in [7, 11) is 1.52. The molecule has 0 radical (unpaired) electrons. The molecule has 3 rings (SSSR count). The number of hydrogen-bond acceptors (Lipinski definition) is 3. The van der Waals surface area contributed by atoms with Gasteiger partial charge in [-0.2, -0.15) is 0 Å². The van der Waals surface area contributed by atoms with Gasteiger partial charge >= 0.3 is 11.1 Å². The Morgan fingerprint density at radius 1 is 1.00 bits per heavy atom. The van der Waals surface area contributed by atoms with E-state index in [4.69, 9.17) is 16.3 Å². The Hall–Kier alpha value is -2.79. The zero-order valence-electron chi connectivity index (χ0n) is 13.0. The largest absolute Gasteiger partial charge is 0.495 e. The first kappa shape index (κ1) is 16.1. The molecule has 0 spiro atoms. The van der Waals surface area contributed by atoms with Crippen LogP contribution in [0.5, 0.6) is 5.75 Å². The first-order chi connectivity index (χ1) is 11.6. The van der Waals surface area contributed by atoms with E-state index in [1.54, 1.807) is 54.9 Å². The number of para-hydroxylation sites is 2. The number of rotatable bonds is 4. The fourth-order valence-corrected chi connectivity index (χ4v) is 2.70. The maximum absolute atomic E-state index is 12.5. The van der Waals surface area contributed by atoms with Crippen molar-refractivity contribution in [1.82, 2.24) is 9.13 Å². The van der Waals surface area contributed by atoms with Crippen LogP contribution in [0.3, 0.4) is 0 Å². The summed E-state index contributed by atoms with van der Waals surface area (Å²) < 4.78 is 7.90. The Morgan fingerprint density at radius 2 is 1.79 bits per heavy atom. The molecule has 0 atom stereocenters. The summed E-state index contributed by atoms with van der Waals surface area (Å²) in [4.78, 5) is 24.9. The predicted molar refractivity (Wildman–Crippen MR) is 93.4 cm³/mol. The van der Waals surface area contributed by atoms with Gasteiger partial charge in [0.2, 0.25) is 0 Å². The number of methoxy groups -OCH3 is 1. The Balaban J connectivity index is 2.04. The van der Waals surface area contributed by atoms with E-state index in [0.717, 1.165) is 5.56 Å². The van der Waals surface area contributed by atoms with E-state index in [0.29, 0.717) is 16.5 Å². The van der Waals surface area contributed by atoms with E-state index in [9.17, 15) is 9.59 Å². The molecule has 0 N–H and O–H groups in total. The van der Waals surface area contributed by atoms with Gasteiger partial charge in [0.25, 0.3) is 0 Å². The second-order valence-electron chi connectivity index (χ2n) is 5.21. The van der Waals surface area contributed by atoms with E-state index < -0.39 is 11.1 Å². The number of halogens is 1. The van der Waals surface area contributed by atoms with Gasteiger partial charge in [-0.3, -0.25) is 14.2 Å². The molecule has 6 heteroatoms. The van der Waals surface area contributed by atoms with Gasteiger partial charge in [-0.05, 0) is 29.8 Å². The minimum atomic E-state index is -0.635. The summed E-state index contributed by atoms with van der Waals surface area (Å²) in [6.07, 6.45) is 3.14. The zero-order valence-corrected chi connectivity index (χ0v) is 13.7. The molecule has 0 aliphatic heterocycles. The molecule has 0 saturated carbocycles. The molecule has 2 aromatic carbocycles. The average Bonchev–Trinajstić information content (AvgIpc) is 2.59. The third kappa shape index (κ3) is 3.12. The van der Waals surface area contributed by atoms with E-state index in [1.165, 1.54) is 16.2 Å². The number of hydrogen-bond donors (Lipinski definition) is 0. The maximum Gasteiger partial charge on any atom is 0.321 e. The normalized spacial score (nSPS) is 10.6. The minimum absolute atomic E-state index is 0.279. The highest BCUT2D eigenvalue weighted by Crippen LogP contribution is 2.20. The van der Waals surface area contributed by atoms with Crippen LogP contribution in [0.25, 0.3) is 5.69 Å². The third-order valence-corrected chi connectivity index (χ3v) is 3.88. The summed E-state index contributed by atoms with van der Waals surface area (Å²) in [6.45, 7) is 0.279. The van der Waals surface area contributed by atoms with Crippen molar-refractivity contribution in [3.63, 3.8) is 0 Å². The lowest BCUT2D eigenvalue weighted by Crippen LogP contribution is -2.40. The molecule has 1 heterocycles. The van der Waals surface area contributed by atoms with Crippen molar-refractivity contribution in [1.29, 1.82) is 0 Å². The van der Waals surface area contributed by atoms with E-state index >= 15 is 0 Å². The fraction of sp³-hybridized carbons (Fsp3) is 0.111. The Labute approximate surface area is 143 Å². The molecule has 122 valence electrons. The van der Waals surface area contributed by atoms with Crippen molar-refractivity contribution in [2.24, 2.45) is 0 Å². The first-order valence-electron chi connectivity index (χ1n) is 7.30. The summed E-state index contributed by atoms with van der Waals surface area (Å²) in [5.74, 6) is 0.520. The summed E-state index contributed by atoms with van der Waals surface area (Å²) in [5.41, 5.74) is 0.128. The molecule has 0 unspecified atom stereocenters. The standard InChI is InChI=1S/C18H15ClN2O3/c1-24-16-8-3-2-7-15(16)21-10-9-20(17(22)18(21)23)12-13-5-4-6-14(19)11-13/h2-11H,12H2,1H3. The van der Waals surface area contributed by atoms with Crippen LogP contribution in [0, 0.1) is 0 Å². The highest BCUT2D eigenvalue weighted by Gasteiger charge is 2.10. The number of nitrogens with zero attached hydrogens (tertiary/aromatic N) is 2. The molecule has 24 heavy (non-hydrogen) atoms. The average molecular weight is 343 g/mol.